The van der Waals surface area contributed by atoms with Gasteiger partial charge in [-0.3, -0.25) is 4.79 Å². The topological polar surface area (TPSA) is 62.1 Å². The first-order valence-electron chi connectivity index (χ1n) is 9.90. The van der Waals surface area contributed by atoms with Crippen molar-refractivity contribution >= 4 is 34.0 Å². The van der Waals surface area contributed by atoms with Gasteiger partial charge in [-0.1, -0.05) is 72.8 Å². The van der Waals surface area contributed by atoms with Crippen molar-refractivity contribution in [2.75, 3.05) is 11.9 Å². The summed E-state index contributed by atoms with van der Waals surface area (Å²) >= 11 is 0. The molecule has 0 aromatic heterocycles. The third-order valence-corrected chi connectivity index (χ3v) is 4.82. The first kappa shape index (κ1) is 19.9. The zero-order valence-corrected chi connectivity index (χ0v) is 16.8. The molecule has 0 spiro atoms. The average molecular weight is 404 g/mol. The van der Waals surface area contributed by atoms with Gasteiger partial charge in [0.15, 0.2) is 6.61 Å². The van der Waals surface area contributed by atoms with E-state index >= 15 is 0 Å². The molecule has 150 valence electrons. The molecule has 0 fully saturated rings. The molecule has 0 aliphatic carbocycles. The van der Waals surface area contributed by atoms with Crippen LogP contribution < -0.4 is 10.1 Å². The highest BCUT2D eigenvalue weighted by Crippen LogP contribution is 2.26. The number of nitrogens with zero attached hydrogens (tertiary/aromatic N) is 1. The highest BCUT2D eigenvalue weighted by molar-refractivity contribution is 5.95. The molecule has 0 unspecified atom stereocenters. The number of fused-ring (bicyclic) bond motifs is 1. The van der Waals surface area contributed by atoms with Crippen molar-refractivity contribution < 1.29 is 9.53 Å². The van der Waals surface area contributed by atoms with Crippen LogP contribution in [-0.4, -0.2) is 12.5 Å². The molecule has 31 heavy (non-hydrogen) atoms. The molecular weight excluding hydrogens is 384 g/mol. The number of anilines is 1. The molecule has 4 aromatic rings. The van der Waals surface area contributed by atoms with E-state index in [4.69, 9.17) is 4.74 Å². The Bertz CT molecular complexity index is 1290. The fraction of sp³-hybridized carbons (Fsp3) is 0.0370. The number of hydrogen-bond acceptors (Lipinski definition) is 3. The number of carbonyl (C=O) groups excluding carboxylic acids is 1. The molecule has 0 atom stereocenters. The minimum atomic E-state index is -0.250. The number of carbonyl (C=O) groups is 1. The number of benzene rings is 4. The zero-order chi connectivity index (χ0) is 21.5. The second-order valence-electron chi connectivity index (χ2n) is 6.97. The van der Waals surface area contributed by atoms with E-state index in [9.17, 15) is 10.1 Å². The minimum absolute atomic E-state index is 0.127. The van der Waals surface area contributed by atoms with Crippen LogP contribution >= 0.6 is 0 Å². The van der Waals surface area contributed by atoms with E-state index in [1.807, 2.05) is 91.0 Å². The van der Waals surface area contributed by atoms with Gasteiger partial charge in [-0.2, -0.15) is 5.26 Å². The normalized spacial score (nSPS) is 11.0. The summed E-state index contributed by atoms with van der Waals surface area (Å²) < 4.78 is 5.76. The maximum Gasteiger partial charge on any atom is 0.262 e. The summed E-state index contributed by atoms with van der Waals surface area (Å²) in [4.78, 5) is 12.2. The molecule has 0 radical (unpaired) electrons. The molecule has 1 amide bonds. The summed E-state index contributed by atoms with van der Waals surface area (Å²) in [5, 5.41) is 14.8. The number of para-hydroxylation sites is 2. The third-order valence-electron chi connectivity index (χ3n) is 4.82. The van der Waals surface area contributed by atoms with Crippen molar-refractivity contribution in [1.82, 2.24) is 0 Å². The van der Waals surface area contributed by atoms with E-state index in [0.29, 0.717) is 17.0 Å². The molecule has 0 aliphatic rings. The highest BCUT2D eigenvalue weighted by Gasteiger charge is 2.08. The lowest BCUT2D eigenvalue weighted by Crippen LogP contribution is -2.20. The van der Waals surface area contributed by atoms with E-state index < -0.39 is 0 Å². The number of allylic oxidation sites excluding steroid dienone is 1. The van der Waals surface area contributed by atoms with Gasteiger partial charge in [0.05, 0.1) is 11.6 Å². The summed E-state index contributed by atoms with van der Waals surface area (Å²) in [6, 6.07) is 32.9. The Balaban J connectivity index is 1.54. The third kappa shape index (κ3) is 4.98. The molecule has 0 heterocycles. The molecule has 1 N–H and O–H groups in total. The largest absolute Gasteiger partial charge is 0.483 e. The molecule has 4 heteroatoms. The molecule has 4 rings (SSSR count). The first-order chi connectivity index (χ1) is 15.2. The Kier molecular flexibility index (Phi) is 6.06. The Morgan fingerprint density at radius 3 is 2.39 bits per heavy atom. The molecule has 0 saturated heterocycles. The van der Waals surface area contributed by atoms with Crippen LogP contribution in [0.5, 0.6) is 5.75 Å². The summed E-state index contributed by atoms with van der Waals surface area (Å²) in [6.07, 6.45) is 1.79. The van der Waals surface area contributed by atoms with Gasteiger partial charge in [0, 0.05) is 11.3 Å². The highest BCUT2D eigenvalue weighted by atomic mass is 16.5. The number of ether oxygens (including phenoxy) is 1. The molecule has 0 saturated carbocycles. The van der Waals surface area contributed by atoms with Crippen molar-refractivity contribution in [2.45, 2.75) is 0 Å². The van der Waals surface area contributed by atoms with Crippen LogP contribution in [0.1, 0.15) is 11.1 Å². The maximum atomic E-state index is 12.2. The van der Waals surface area contributed by atoms with Gasteiger partial charge in [-0.25, -0.2) is 0 Å². The lowest BCUT2D eigenvalue weighted by molar-refractivity contribution is -0.118. The Labute approximate surface area is 181 Å². The van der Waals surface area contributed by atoms with Crippen molar-refractivity contribution in [3.63, 3.8) is 0 Å². The summed E-state index contributed by atoms with van der Waals surface area (Å²) in [5.41, 5.74) is 2.81. The standard InChI is InChI=1S/C27H20N2O2/c28-18-24(22-15-14-20-8-4-5-9-21(20)16-22)17-23-10-6-7-13-26(23)31-19-27(30)29-25-11-2-1-3-12-25/h1-17H,19H2,(H,29,30)/b24-17-. The van der Waals surface area contributed by atoms with E-state index in [1.165, 1.54) is 0 Å². The van der Waals surface area contributed by atoms with Crippen LogP contribution in [0.25, 0.3) is 22.4 Å². The molecule has 4 aromatic carbocycles. The van der Waals surface area contributed by atoms with Gasteiger partial charge in [-0.15, -0.1) is 0 Å². The number of nitrogens with one attached hydrogen (secondary N) is 1. The molecule has 0 bridgehead atoms. The van der Waals surface area contributed by atoms with Gasteiger partial charge >= 0.3 is 0 Å². The van der Waals surface area contributed by atoms with E-state index in [1.54, 1.807) is 12.1 Å². The van der Waals surface area contributed by atoms with Crippen LogP contribution in [-0.2, 0) is 4.79 Å². The summed E-state index contributed by atoms with van der Waals surface area (Å²) in [6.45, 7) is -0.127. The smallest absolute Gasteiger partial charge is 0.262 e. The number of amides is 1. The zero-order valence-electron chi connectivity index (χ0n) is 16.8. The first-order valence-corrected chi connectivity index (χ1v) is 9.90. The lowest BCUT2D eigenvalue weighted by Gasteiger charge is -2.10. The summed E-state index contributed by atoms with van der Waals surface area (Å²) in [5.74, 6) is 0.291. The van der Waals surface area contributed by atoms with E-state index in [0.717, 1.165) is 21.9 Å². The average Bonchev–Trinajstić information content (AvgIpc) is 2.82. The molecule has 4 nitrogen and oxygen atoms in total. The van der Waals surface area contributed by atoms with Gasteiger partial charge in [0.1, 0.15) is 5.75 Å². The molecule has 0 aliphatic heterocycles. The van der Waals surface area contributed by atoms with Crippen molar-refractivity contribution in [1.29, 1.82) is 5.26 Å². The number of rotatable bonds is 6. The van der Waals surface area contributed by atoms with E-state index in [-0.39, 0.29) is 12.5 Å². The summed E-state index contributed by atoms with van der Waals surface area (Å²) in [7, 11) is 0. The van der Waals surface area contributed by atoms with Gasteiger partial charge in [0.25, 0.3) is 5.91 Å². The van der Waals surface area contributed by atoms with Gasteiger partial charge in [-0.05, 0) is 46.7 Å². The predicted octanol–water partition coefficient (Wildman–Crippen LogP) is 5.92. The van der Waals surface area contributed by atoms with Crippen LogP contribution in [0, 0.1) is 11.3 Å². The fourth-order valence-corrected chi connectivity index (χ4v) is 3.29. The van der Waals surface area contributed by atoms with Crippen LogP contribution in [0.2, 0.25) is 0 Å². The van der Waals surface area contributed by atoms with Gasteiger partial charge in [0.2, 0.25) is 0 Å². The minimum Gasteiger partial charge on any atom is -0.483 e. The predicted molar refractivity (Wildman–Crippen MR) is 124 cm³/mol. The Morgan fingerprint density at radius 1 is 0.871 bits per heavy atom. The lowest BCUT2D eigenvalue weighted by atomic mass is 10.00. The second-order valence-corrected chi connectivity index (χ2v) is 6.97. The van der Waals surface area contributed by atoms with Crippen molar-refractivity contribution in [3.05, 3.63) is 108 Å². The monoisotopic (exact) mass is 404 g/mol. The SMILES string of the molecule is N#C/C(=C/c1ccccc1OCC(=O)Nc1ccccc1)c1ccc2ccccc2c1. The van der Waals surface area contributed by atoms with Crippen molar-refractivity contribution in [2.24, 2.45) is 0 Å². The Morgan fingerprint density at radius 2 is 1.58 bits per heavy atom. The quantitative estimate of drug-likeness (QED) is 0.320. The fourth-order valence-electron chi connectivity index (χ4n) is 3.29. The van der Waals surface area contributed by atoms with Crippen LogP contribution in [0.15, 0.2) is 97.1 Å². The van der Waals surface area contributed by atoms with Crippen LogP contribution in [0.4, 0.5) is 5.69 Å². The number of nitriles is 1. The van der Waals surface area contributed by atoms with Gasteiger partial charge < -0.3 is 10.1 Å². The van der Waals surface area contributed by atoms with E-state index in [2.05, 4.69) is 11.4 Å². The second kappa shape index (κ2) is 9.43. The maximum absolute atomic E-state index is 12.2. The van der Waals surface area contributed by atoms with Crippen LogP contribution in [0.3, 0.4) is 0 Å². The number of hydrogen-bond donors (Lipinski definition) is 1. The molecular formula is C27H20N2O2. The van der Waals surface area contributed by atoms with Crippen molar-refractivity contribution in [3.8, 4) is 11.8 Å². The Hall–Kier alpha value is -4.36.